The van der Waals surface area contributed by atoms with E-state index in [2.05, 4.69) is 19.6 Å². The van der Waals surface area contributed by atoms with Gasteiger partial charge in [-0.1, -0.05) is 12.1 Å². The highest BCUT2D eigenvalue weighted by atomic mass is 28.4. The number of carboxylic acids is 1. The molecule has 0 saturated carbocycles. The van der Waals surface area contributed by atoms with E-state index in [1.54, 1.807) is 7.11 Å². The molecule has 0 aliphatic carbocycles. The Morgan fingerprint density at radius 3 is 2.62 bits per heavy atom. The third kappa shape index (κ3) is 3.17. The first-order valence-corrected chi connectivity index (χ1v) is 12.2. The van der Waals surface area contributed by atoms with Gasteiger partial charge in [0.25, 0.3) is 0 Å². The van der Waals surface area contributed by atoms with Gasteiger partial charge in [-0.05, 0) is 56.3 Å². The second-order valence-corrected chi connectivity index (χ2v) is 12.3. The van der Waals surface area contributed by atoms with Gasteiger partial charge in [0.05, 0.1) is 25.2 Å². The molecule has 2 aliphatic heterocycles. The highest BCUT2D eigenvalue weighted by molar-refractivity contribution is 6.69. The first-order chi connectivity index (χ1) is 12.1. The van der Waals surface area contributed by atoms with E-state index < -0.39 is 14.3 Å². The minimum absolute atomic E-state index is 0.0877. The number of fused-ring (bicyclic) bond motifs is 1. The SMILES string of the molecule is COc1cccc(C2=C(C(=O)O)N3C(=O)[C@H]([C@@H](C)O[Si](C)(C)C)[C@H]3C2)c1. The Balaban J connectivity index is 1.92. The van der Waals surface area contributed by atoms with Crippen molar-refractivity contribution in [3.8, 4) is 5.75 Å². The summed E-state index contributed by atoms with van der Waals surface area (Å²) in [6.45, 7) is 8.17. The van der Waals surface area contributed by atoms with Gasteiger partial charge >= 0.3 is 5.97 Å². The molecular weight excluding hydrogens is 350 g/mol. The molecule has 0 unspecified atom stereocenters. The van der Waals surface area contributed by atoms with E-state index in [1.807, 2.05) is 31.2 Å². The number of ether oxygens (including phenoxy) is 1. The molecule has 1 saturated heterocycles. The summed E-state index contributed by atoms with van der Waals surface area (Å²) in [7, 11) is -0.217. The molecule has 1 fully saturated rings. The fourth-order valence-corrected chi connectivity index (χ4v) is 5.22. The van der Waals surface area contributed by atoms with Crippen LogP contribution in [0.3, 0.4) is 0 Å². The van der Waals surface area contributed by atoms with Gasteiger partial charge in [-0.25, -0.2) is 4.79 Å². The molecule has 0 radical (unpaired) electrons. The Morgan fingerprint density at radius 2 is 2.04 bits per heavy atom. The van der Waals surface area contributed by atoms with Crippen LogP contribution in [0.4, 0.5) is 0 Å². The number of benzene rings is 1. The predicted octanol–water partition coefficient (Wildman–Crippen LogP) is 2.96. The molecule has 1 amide bonds. The Labute approximate surface area is 154 Å². The first kappa shape index (κ1) is 18.7. The molecule has 3 atom stereocenters. The maximum atomic E-state index is 12.7. The van der Waals surface area contributed by atoms with Crippen molar-refractivity contribution in [3.05, 3.63) is 35.5 Å². The van der Waals surface area contributed by atoms with Gasteiger partial charge in [-0.2, -0.15) is 0 Å². The smallest absolute Gasteiger partial charge is 0.352 e. The summed E-state index contributed by atoms with van der Waals surface area (Å²) >= 11 is 0. The van der Waals surface area contributed by atoms with Crippen LogP contribution in [-0.4, -0.2) is 49.5 Å². The van der Waals surface area contributed by atoms with Crippen LogP contribution < -0.4 is 4.74 Å². The summed E-state index contributed by atoms with van der Waals surface area (Å²) in [5.74, 6) is -0.863. The van der Waals surface area contributed by atoms with E-state index >= 15 is 0 Å². The lowest BCUT2D eigenvalue weighted by molar-refractivity contribution is -0.160. The van der Waals surface area contributed by atoms with E-state index in [0.717, 1.165) is 5.56 Å². The molecule has 7 heteroatoms. The highest BCUT2D eigenvalue weighted by Crippen LogP contribution is 2.47. The maximum absolute atomic E-state index is 12.7. The molecule has 2 aliphatic rings. The lowest BCUT2D eigenvalue weighted by Gasteiger charge is -2.47. The van der Waals surface area contributed by atoms with Gasteiger partial charge in [0.15, 0.2) is 8.32 Å². The number of carboxylic acid groups (broad SMARTS) is 1. The molecule has 1 aromatic rings. The van der Waals surface area contributed by atoms with E-state index in [0.29, 0.717) is 17.7 Å². The number of aliphatic carboxylic acids is 1. The number of hydrogen-bond donors (Lipinski definition) is 1. The van der Waals surface area contributed by atoms with Crippen LogP contribution in [0.15, 0.2) is 30.0 Å². The van der Waals surface area contributed by atoms with Crippen LogP contribution >= 0.6 is 0 Å². The number of methoxy groups -OCH3 is 1. The van der Waals surface area contributed by atoms with E-state index in [4.69, 9.17) is 9.16 Å². The van der Waals surface area contributed by atoms with Crippen molar-refractivity contribution < 1.29 is 23.9 Å². The van der Waals surface area contributed by atoms with Crippen LogP contribution in [-0.2, 0) is 14.0 Å². The van der Waals surface area contributed by atoms with E-state index in [9.17, 15) is 14.7 Å². The molecule has 3 rings (SSSR count). The van der Waals surface area contributed by atoms with E-state index in [-0.39, 0.29) is 29.7 Å². The van der Waals surface area contributed by atoms with Crippen molar-refractivity contribution >= 4 is 25.8 Å². The number of rotatable bonds is 6. The van der Waals surface area contributed by atoms with Crippen LogP contribution in [0.1, 0.15) is 18.9 Å². The van der Waals surface area contributed by atoms with Gasteiger partial charge in [0, 0.05) is 0 Å². The average Bonchev–Trinajstić information content (AvgIpc) is 2.88. The summed E-state index contributed by atoms with van der Waals surface area (Å²) in [6, 6.07) is 7.15. The average molecular weight is 375 g/mol. The lowest BCUT2D eigenvalue weighted by atomic mass is 9.82. The normalized spacial score (nSPS) is 23.6. The molecule has 0 bridgehead atoms. The predicted molar refractivity (Wildman–Crippen MR) is 100 cm³/mol. The molecule has 0 spiro atoms. The van der Waals surface area contributed by atoms with Crippen molar-refractivity contribution in [2.45, 2.75) is 45.1 Å². The van der Waals surface area contributed by atoms with Gasteiger partial charge < -0.3 is 19.2 Å². The summed E-state index contributed by atoms with van der Waals surface area (Å²) in [4.78, 5) is 26.0. The maximum Gasteiger partial charge on any atom is 0.352 e. The highest BCUT2D eigenvalue weighted by Gasteiger charge is 2.57. The number of nitrogens with zero attached hydrogens (tertiary/aromatic N) is 1. The van der Waals surface area contributed by atoms with Crippen molar-refractivity contribution in [2.24, 2.45) is 5.92 Å². The van der Waals surface area contributed by atoms with Crippen molar-refractivity contribution in [3.63, 3.8) is 0 Å². The number of hydrogen-bond acceptors (Lipinski definition) is 4. The molecular formula is C19H25NO5Si. The second kappa shape index (κ2) is 6.55. The first-order valence-electron chi connectivity index (χ1n) is 8.76. The topological polar surface area (TPSA) is 76.1 Å². The van der Waals surface area contributed by atoms with E-state index in [1.165, 1.54) is 4.90 Å². The molecule has 1 aromatic carbocycles. The summed E-state index contributed by atoms with van der Waals surface area (Å²) in [6.07, 6.45) is 0.306. The Bertz CT molecular complexity index is 782. The summed E-state index contributed by atoms with van der Waals surface area (Å²) in [5, 5.41) is 9.72. The molecule has 6 nitrogen and oxygen atoms in total. The minimum atomic E-state index is -1.79. The molecule has 2 heterocycles. The minimum Gasteiger partial charge on any atom is -0.497 e. The molecule has 26 heavy (non-hydrogen) atoms. The van der Waals surface area contributed by atoms with Crippen LogP contribution in [0, 0.1) is 5.92 Å². The monoisotopic (exact) mass is 375 g/mol. The van der Waals surface area contributed by atoms with Crippen LogP contribution in [0.2, 0.25) is 19.6 Å². The fraction of sp³-hybridized carbons (Fsp3) is 0.474. The van der Waals surface area contributed by atoms with Crippen LogP contribution in [0.25, 0.3) is 5.57 Å². The third-order valence-corrected chi connectivity index (χ3v) is 5.95. The standard InChI is InChI=1S/C19H25NO5Si/c1-11(25-26(3,4)5)16-15-10-14(12-7-6-8-13(9-12)24-2)17(19(22)23)20(15)18(16)21/h6-9,11,15-16H,10H2,1-5H3,(H,22,23)/t11-,15-,16-/m1/s1. The molecule has 1 N–H and O–H groups in total. The van der Waals surface area contributed by atoms with Gasteiger partial charge in [0.1, 0.15) is 11.4 Å². The Hall–Kier alpha value is -2.12. The van der Waals surface area contributed by atoms with Gasteiger partial charge in [-0.3, -0.25) is 4.79 Å². The second-order valence-electron chi connectivity index (χ2n) is 7.81. The number of β-lactam (4-membered cyclic amide) rings is 1. The zero-order valence-corrected chi connectivity index (χ0v) is 16.8. The number of carbonyl (C=O) groups excluding carboxylic acids is 1. The van der Waals surface area contributed by atoms with Crippen molar-refractivity contribution in [1.29, 1.82) is 0 Å². The zero-order chi connectivity index (χ0) is 19.2. The molecule has 140 valence electrons. The van der Waals surface area contributed by atoms with Crippen molar-refractivity contribution in [1.82, 2.24) is 4.90 Å². The number of carbonyl (C=O) groups is 2. The van der Waals surface area contributed by atoms with Crippen molar-refractivity contribution in [2.75, 3.05) is 7.11 Å². The molecule has 0 aromatic heterocycles. The summed E-state index contributed by atoms with van der Waals surface area (Å²) < 4.78 is 11.3. The van der Waals surface area contributed by atoms with Crippen LogP contribution in [0.5, 0.6) is 5.75 Å². The Kier molecular flexibility index (Phi) is 4.70. The fourth-order valence-electron chi connectivity index (χ4n) is 3.95. The van der Waals surface area contributed by atoms with Gasteiger partial charge in [0.2, 0.25) is 5.91 Å². The third-order valence-electron chi connectivity index (χ3n) is 4.87. The Morgan fingerprint density at radius 1 is 1.35 bits per heavy atom. The van der Waals surface area contributed by atoms with Gasteiger partial charge in [-0.15, -0.1) is 0 Å². The zero-order valence-electron chi connectivity index (χ0n) is 15.8. The quantitative estimate of drug-likeness (QED) is 0.611. The number of amides is 1. The largest absolute Gasteiger partial charge is 0.497 e. The summed E-state index contributed by atoms with van der Waals surface area (Å²) in [5.41, 5.74) is 1.55. The lowest BCUT2D eigenvalue weighted by Crippen LogP contribution is -2.63.